The van der Waals surface area contributed by atoms with Crippen LogP contribution < -0.4 is 16.4 Å². The first-order chi connectivity index (χ1) is 13.0. The molecule has 2 rings (SSSR count). The van der Waals surface area contributed by atoms with Crippen molar-refractivity contribution in [1.82, 2.24) is 10.6 Å². The number of ether oxygens (including phenoxy) is 1. The van der Waals surface area contributed by atoms with Crippen LogP contribution in [-0.4, -0.2) is 30.1 Å². The maximum absolute atomic E-state index is 12.3. The van der Waals surface area contributed by atoms with Gasteiger partial charge in [-0.1, -0.05) is 56.0 Å². The Morgan fingerprint density at radius 1 is 1.11 bits per heavy atom. The van der Waals surface area contributed by atoms with Crippen molar-refractivity contribution in [3.05, 3.63) is 35.9 Å². The molecule has 0 heterocycles. The van der Waals surface area contributed by atoms with Crippen molar-refractivity contribution in [2.45, 2.75) is 70.1 Å². The van der Waals surface area contributed by atoms with E-state index in [9.17, 15) is 14.4 Å². The van der Waals surface area contributed by atoms with Crippen LogP contribution in [0, 0.1) is 0 Å². The summed E-state index contributed by atoms with van der Waals surface area (Å²) in [6.07, 6.45) is 5.55. The molecule has 1 fully saturated rings. The third-order valence-corrected chi connectivity index (χ3v) is 4.77. The summed E-state index contributed by atoms with van der Waals surface area (Å²) in [6.45, 7) is 1.56. The van der Waals surface area contributed by atoms with Gasteiger partial charge in [0.2, 0.25) is 0 Å². The van der Waals surface area contributed by atoms with Crippen molar-refractivity contribution in [1.29, 1.82) is 0 Å². The standard InChI is InChI=1S/C20H29N3O4/c1-14(19(25)22-16-11-7-2-3-8-12-16)27-18(24)13-17(23-20(21)26)15-9-5-4-6-10-15/h4-6,9-10,14,16-17H,2-3,7-8,11-13H2,1H3,(H,22,25)(H3,21,23,26)/t14-,17-/m0/s1. The quantitative estimate of drug-likeness (QED) is 0.502. The highest BCUT2D eigenvalue weighted by atomic mass is 16.5. The number of urea groups is 1. The number of amides is 3. The van der Waals surface area contributed by atoms with Crippen LogP contribution in [0.3, 0.4) is 0 Å². The highest BCUT2D eigenvalue weighted by Crippen LogP contribution is 2.19. The van der Waals surface area contributed by atoms with Crippen LogP contribution in [0.1, 0.15) is 63.5 Å². The second-order valence-corrected chi connectivity index (χ2v) is 7.01. The van der Waals surface area contributed by atoms with Crippen LogP contribution >= 0.6 is 0 Å². The summed E-state index contributed by atoms with van der Waals surface area (Å²) < 4.78 is 5.28. The van der Waals surface area contributed by atoms with Crippen molar-refractivity contribution >= 4 is 17.9 Å². The molecule has 4 N–H and O–H groups in total. The molecule has 0 aliphatic heterocycles. The van der Waals surface area contributed by atoms with E-state index < -0.39 is 24.1 Å². The molecule has 7 nitrogen and oxygen atoms in total. The predicted octanol–water partition coefficient (Wildman–Crippen LogP) is 2.56. The number of benzene rings is 1. The van der Waals surface area contributed by atoms with E-state index in [4.69, 9.17) is 10.5 Å². The number of rotatable bonds is 7. The Hall–Kier alpha value is -2.57. The van der Waals surface area contributed by atoms with Crippen LogP contribution in [-0.2, 0) is 14.3 Å². The van der Waals surface area contributed by atoms with Crippen LogP contribution in [0.15, 0.2) is 30.3 Å². The largest absolute Gasteiger partial charge is 0.452 e. The Morgan fingerprint density at radius 2 is 1.74 bits per heavy atom. The topological polar surface area (TPSA) is 111 Å². The van der Waals surface area contributed by atoms with Gasteiger partial charge < -0.3 is 21.1 Å². The van der Waals surface area contributed by atoms with Crippen LogP contribution in [0.2, 0.25) is 0 Å². The van der Waals surface area contributed by atoms with E-state index in [2.05, 4.69) is 10.6 Å². The van der Waals surface area contributed by atoms with Crippen molar-refractivity contribution < 1.29 is 19.1 Å². The molecule has 27 heavy (non-hydrogen) atoms. The van der Waals surface area contributed by atoms with Crippen LogP contribution in [0.25, 0.3) is 0 Å². The fourth-order valence-corrected chi connectivity index (χ4v) is 3.32. The number of nitrogens with one attached hydrogen (secondary N) is 2. The molecule has 1 aromatic carbocycles. The molecule has 0 saturated heterocycles. The molecule has 0 aromatic heterocycles. The van der Waals surface area contributed by atoms with E-state index in [1.807, 2.05) is 6.07 Å². The molecule has 2 atom stereocenters. The monoisotopic (exact) mass is 375 g/mol. The van der Waals surface area contributed by atoms with Crippen molar-refractivity contribution in [2.24, 2.45) is 5.73 Å². The van der Waals surface area contributed by atoms with Gasteiger partial charge >= 0.3 is 12.0 Å². The lowest BCUT2D eigenvalue weighted by atomic mass is 10.0. The molecule has 0 unspecified atom stereocenters. The van der Waals surface area contributed by atoms with Gasteiger partial charge in [0.25, 0.3) is 5.91 Å². The van der Waals surface area contributed by atoms with Gasteiger partial charge in [-0.05, 0) is 25.3 Å². The molecule has 1 saturated carbocycles. The molecule has 0 radical (unpaired) electrons. The highest BCUT2D eigenvalue weighted by Gasteiger charge is 2.24. The molecule has 0 bridgehead atoms. The average molecular weight is 375 g/mol. The maximum Gasteiger partial charge on any atom is 0.312 e. The normalized spacial score (nSPS) is 17.2. The van der Waals surface area contributed by atoms with Gasteiger partial charge in [-0.15, -0.1) is 0 Å². The SMILES string of the molecule is C[C@H](OC(=O)C[C@H](NC(N)=O)c1ccccc1)C(=O)NC1CCCCCC1. The summed E-state index contributed by atoms with van der Waals surface area (Å²) in [5.41, 5.74) is 5.95. The summed E-state index contributed by atoms with van der Waals surface area (Å²) in [4.78, 5) is 35.8. The van der Waals surface area contributed by atoms with Gasteiger partial charge in [-0.2, -0.15) is 0 Å². The summed E-state index contributed by atoms with van der Waals surface area (Å²) in [5, 5.41) is 5.51. The lowest BCUT2D eigenvalue weighted by Crippen LogP contribution is -2.42. The van der Waals surface area contributed by atoms with Crippen molar-refractivity contribution in [3.63, 3.8) is 0 Å². The van der Waals surface area contributed by atoms with Crippen molar-refractivity contribution in [3.8, 4) is 0 Å². The van der Waals surface area contributed by atoms with Gasteiger partial charge in [0.1, 0.15) is 0 Å². The molecule has 0 spiro atoms. The van der Waals surface area contributed by atoms with Gasteiger partial charge in [0.15, 0.2) is 6.10 Å². The van der Waals surface area contributed by atoms with Gasteiger partial charge in [-0.25, -0.2) is 4.79 Å². The first-order valence-electron chi connectivity index (χ1n) is 9.56. The lowest BCUT2D eigenvalue weighted by molar-refractivity contribution is -0.155. The minimum atomic E-state index is -0.884. The minimum Gasteiger partial charge on any atom is -0.452 e. The minimum absolute atomic E-state index is 0.103. The summed E-state index contributed by atoms with van der Waals surface area (Å²) in [7, 11) is 0. The Balaban J connectivity index is 1.87. The lowest BCUT2D eigenvalue weighted by Gasteiger charge is -2.21. The second kappa shape index (κ2) is 10.5. The number of hydrogen-bond acceptors (Lipinski definition) is 4. The zero-order valence-electron chi connectivity index (χ0n) is 15.8. The second-order valence-electron chi connectivity index (χ2n) is 7.01. The number of primary amides is 1. The smallest absolute Gasteiger partial charge is 0.312 e. The molecular weight excluding hydrogens is 346 g/mol. The predicted molar refractivity (Wildman–Crippen MR) is 102 cm³/mol. The Kier molecular flexibility index (Phi) is 8.10. The Bertz CT molecular complexity index is 627. The highest BCUT2D eigenvalue weighted by molar-refractivity contribution is 5.84. The number of esters is 1. The molecule has 1 aromatic rings. The zero-order chi connectivity index (χ0) is 19.6. The number of hydrogen-bond donors (Lipinski definition) is 3. The van der Waals surface area contributed by atoms with E-state index in [1.165, 1.54) is 12.8 Å². The van der Waals surface area contributed by atoms with Crippen LogP contribution in [0.5, 0.6) is 0 Å². The molecule has 7 heteroatoms. The molecule has 3 amide bonds. The fourth-order valence-electron chi connectivity index (χ4n) is 3.32. The summed E-state index contributed by atoms with van der Waals surface area (Å²) in [6, 6.07) is 7.84. The number of nitrogens with two attached hydrogens (primary N) is 1. The van der Waals surface area contributed by atoms with Crippen LogP contribution in [0.4, 0.5) is 4.79 Å². The molecular formula is C20H29N3O4. The summed E-state index contributed by atoms with van der Waals surface area (Å²) >= 11 is 0. The first kappa shape index (κ1) is 20.7. The van der Waals surface area contributed by atoms with Crippen molar-refractivity contribution in [2.75, 3.05) is 0 Å². The van der Waals surface area contributed by atoms with E-state index in [1.54, 1.807) is 31.2 Å². The molecule has 1 aliphatic carbocycles. The molecule has 148 valence electrons. The Labute approximate surface area is 160 Å². The number of carbonyl (C=O) groups is 3. The first-order valence-corrected chi connectivity index (χ1v) is 9.56. The third kappa shape index (κ3) is 7.29. The molecule has 1 aliphatic rings. The fraction of sp³-hybridized carbons (Fsp3) is 0.550. The maximum atomic E-state index is 12.3. The summed E-state index contributed by atoms with van der Waals surface area (Å²) in [5.74, 6) is -0.851. The zero-order valence-corrected chi connectivity index (χ0v) is 15.8. The van der Waals surface area contributed by atoms with E-state index in [0.29, 0.717) is 0 Å². The number of carbonyl (C=O) groups excluding carboxylic acids is 3. The van der Waals surface area contributed by atoms with E-state index >= 15 is 0 Å². The Morgan fingerprint density at radius 3 is 2.33 bits per heavy atom. The average Bonchev–Trinajstić information content (AvgIpc) is 2.90. The van der Waals surface area contributed by atoms with Gasteiger partial charge in [-0.3, -0.25) is 9.59 Å². The van der Waals surface area contributed by atoms with Gasteiger partial charge in [0.05, 0.1) is 12.5 Å². The van der Waals surface area contributed by atoms with E-state index in [0.717, 1.165) is 31.2 Å². The van der Waals surface area contributed by atoms with E-state index in [-0.39, 0.29) is 18.4 Å². The van der Waals surface area contributed by atoms with Gasteiger partial charge in [0, 0.05) is 6.04 Å². The third-order valence-electron chi connectivity index (χ3n) is 4.77.